The number of sulfonamides is 2. The molecule has 6 nitrogen and oxygen atoms in total. The third-order valence-corrected chi connectivity index (χ3v) is 9.39. The van der Waals surface area contributed by atoms with Gasteiger partial charge >= 0.3 is 178 Å². The van der Waals surface area contributed by atoms with E-state index in [2.05, 4.69) is 6.92 Å². The summed E-state index contributed by atoms with van der Waals surface area (Å²) >= 11 is -0.666. The topological polar surface area (TPSA) is 89.5 Å². The second kappa shape index (κ2) is 9.62. The van der Waals surface area contributed by atoms with Gasteiger partial charge in [0.2, 0.25) is 0 Å². The number of rotatable bonds is 9. The molecule has 0 saturated carbocycles. The first-order valence-electron chi connectivity index (χ1n) is 8.27. The van der Waals surface area contributed by atoms with Gasteiger partial charge in [0.1, 0.15) is 0 Å². The molecule has 12 heteroatoms. The Balaban J connectivity index is 2.06. The molecule has 0 aliphatic heterocycles. The summed E-state index contributed by atoms with van der Waals surface area (Å²) in [5.74, 6) is 0.754. The Kier molecular flexibility index (Phi) is 7.93. The van der Waals surface area contributed by atoms with Crippen molar-refractivity contribution in [2.45, 2.75) is 30.2 Å². The molecule has 0 bridgehead atoms. The van der Waals surface area contributed by atoms with Crippen LogP contribution in [0.1, 0.15) is 19.8 Å². The van der Waals surface area contributed by atoms with Gasteiger partial charge in [0.15, 0.2) is 0 Å². The molecule has 0 aromatic heterocycles. The monoisotopic (exact) mass is 564 g/mol. The summed E-state index contributed by atoms with van der Waals surface area (Å²) in [5.41, 5.74) is -5.72. The molecule has 162 valence electrons. The first-order chi connectivity index (χ1) is 13.4. The number of benzene rings is 2. The Labute approximate surface area is 177 Å². The van der Waals surface area contributed by atoms with E-state index in [-0.39, 0.29) is 0 Å². The van der Waals surface area contributed by atoms with Crippen molar-refractivity contribution < 1.29 is 55.9 Å². The van der Waals surface area contributed by atoms with Gasteiger partial charge in [0.25, 0.3) is 0 Å². The van der Waals surface area contributed by atoms with Crippen LogP contribution in [0.2, 0.25) is 0 Å². The fourth-order valence-electron chi connectivity index (χ4n) is 1.97. The van der Waals surface area contributed by atoms with E-state index in [0.717, 1.165) is 37.9 Å². The quantitative estimate of drug-likeness (QED) is 0.346. The Morgan fingerprint density at radius 3 is 1.93 bits per heavy atom. The van der Waals surface area contributed by atoms with Crippen LogP contribution in [0.4, 0.5) is 13.2 Å². The predicted octanol–water partition coefficient (Wildman–Crippen LogP) is 0.122. The molecular weight excluding hydrogens is 546 g/mol. The third-order valence-electron chi connectivity index (χ3n) is 3.45. The van der Waals surface area contributed by atoms with E-state index in [4.69, 9.17) is 4.74 Å². The molecule has 2 aromatic rings. The first kappa shape index (κ1) is 23.9. The van der Waals surface area contributed by atoms with Gasteiger partial charge in [-0.2, -0.15) is 0 Å². The summed E-state index contributed by atoms with van der Waals surface area (Å²) in [7, 11) is -10.9. The Morgan fingerprint density at radius 1 is 0.931 bits per heavy atom. The van der Waals surface area contributed by atoms with Crippen LogP contribution in [0.25, 0.3) is 0 Å². The van der Waals surface area contributed by atoms with Gasteiger partial charge in [-0.3, -0.25) is 0 Å². The van der Waals surface area contributed by atoms with Crippen LogP contribution in [0.3, 0.4) is 0 Å². The van der Waals surface area contributed by atoms with Crippen LogP contribution in [0, 0.1) is 7.14 Å². The zero-order valence-electron chi connectivity index (χ0n) is 15.1. The molecule has 2 aromatic carbocycles. The molecule has 0 heterocycles. The van der Waals surface area contributed by atoms with Crippen LogP contribution >= 0.6 is 0 Å². The third kappa shape index (κ3) is 6.83. The van der Waals surface area contributed by atoms with E-state index in [1.807, 2.05) is 24.3 Å². The van der Waals surface area contributed by atoms with Gasteiger partial charge < -0.3 is 0 Å². The van der Waals surface area contributed by atoms with E-state index in [1.54, 1.807) is 0 Å². The molecule has 0 aliphatic carbocycles. The average Bonchev–Trinajstić information content (AvgIpc) is 2.62. The Bertz CT molecular complexity index is 1020. The van der Waals surface area contributed by atoms with E-state index >= 15 is 0 Å². The molecule has 0 saturated heterocycles. The van der Waals surface area contributed by atoms with E-state index in [1.165, 1.54) is 12.1 Å². The predicted molar refractivity (Wildman–Crippen MR) is 96.0 cm³/mol. The van der Waals surface area contributed by atoms with Crippen LogP contribution in [-0.4, -0.2) is 29.0 Å². The molecule has 2 rings (SSSR count). The summed E-state index contributed by atoms with van der Waals surface area (Å²) in [4.78, 5) is -0.572. The number of ether oxygens (including phenoxy) is 1. The van der Waals surface area contributed by atoms with Gasteiger partial charge in [-0.1, -0.05) is 0 Å². The van der Waals surface area contributed by atoms with Crippen molar-refractivity contribution in [3.8, 4) is 5.75 Å². The number of halogens is 4. The average molecular weight is 564 g/mol. The molecule has 29 heavy (non-hydrogen) atoms. The maximum absolute atomic E-state index is 12.4. The zero-order valence-corrected chi connectivity index (χ0v) is 18.9. The summed E-state index contributed by atoms with van der Waals surface area (Å²) in [6, 6.07) is 12.5. The fourth-order valence-corrected chi connectivity index (χ4v) is 6.54. The summed E-state index contributed by atoms with van der Waals surface area (Å²) < 4.78 is 91.2. The molecule has 1 N–H and O–H groups in total. The van der Waals surface area contributed by atoms with Crippen molar-refractivity contribution in [1.29, 1.82) is 0 Å². The maximum atomic E-state index is 12.4. The Hall–Kier alpha value is -1.38. The van der Waals surface area contributed by atoms with Crippen LogP contribution in [0.5, 0.6) is 5.75 Å². The second-order valence-corrected chi connectivity index (χ2v) is 12.4. The van der Waals surface area contributed by atoms with E-state index in [9.17, 15) is 30.0 Å². The van der Waals surface area contributed by atoms with Crippen molar-refractivity contribution in [1.82, 2.24) is 4.13 Å². The van der Waals surface area contributed by atoms with Crippen molar-refractivity contribution in [2.24, 2.45) is 0 Å². The summed E-state index contributed by atoms with van der Waals surface area (Å²) in [6.07, 6.45) is 2.00. The van der Waals surface area contributed by atoms with Gasteiger partial charge in [0.05, 0.1) is 0 Å². The molecule has 0 fully saturated rings. The van der Waals surface area contributed by atoms with Gasteiger partial charge in [-0.05, 0) is 0 Å². The van der Waals surface area contributed by atoms with Crippen molar-refractivity contribution in [2.75, 3.05) is 6.61 Å². The molecule has 0 radical (unpaired) electrons. The second-order valence-electron chi connectivity index (χ2n) is 5.74. The van der Waals surface area contributed by atoms with Gasteiger partial charge in [0, 0.05) is 0 Å². The van der Waals surface area contributed by atoms with Crippen LogP contribution in [-0.2, 0) is 20.0 Å². The molecular formula is C17H18F3INO5S2-. The number of hydrogen-bond acceptors (Lipinski definition) is 5. The molecule has 0 amide bonds. The van der Waals surface area contributed by atoms with Gasteiger partial charge in [-0.15, -0.1) is 0 Å². The minimum absolute atomic E-state index is 0.572. The number of unbranched alkanes of at least 4 members (excludes halogenated alkanes) is 1. The van der Waals surface area contributed by atoms with Crippen molar-refractivity contribution >= 4 is 20.0 Å². The standard InChI is InChI=1S/C17H18F3INO5S2/c1-2-3-12-27-15-8-4-13(5-9-15)21-14-6-10-16(11-7-14)28(23,24)22-29(25,26)17(18,19)20/h4-11,22H,2-3,12H2,1H3/q-1. The number of alkyl halides is 3. The molecule has 0 spiro atoms. The minimum atomic E-state index is -6.02. The first-order valence-corrected chi connectivity index (χ1v) is 13.4. The zero-order chi connectivity index (χ0) is 21.7. The summed E-state index contributed by atoms with van der Waals surface area (Å²) in [6.45, 7) is 2.71. The normalized spacial score (nSPS) is 12.8. The Morgan fingerprint density at radius 2 is 1.45 bits per heavy atom. The molecule has 0 atom stereocenters. The fraction of sp³-hybridized carbons (Fsp3) is 0.294. The number of nitrogens with one attached hydrogen (secondary N) is 1. The van der Waals surface area contributed by atoms with Crippen LogP contribution < -0.4 is 30.1 Å². The molecule has 0 aliphatic rings. The van der Waals surface area contributed by atoms with Crippen molar-refractivity contribution in [3.63, 3.8) is 0 Å². The van der Waals surface area contributed by atoms with Crippen molar-refractivity contribution in [3.05, 3.63) is 55.7 Å². The molecule has 0 unspecified atom stereocenters. The van der Waals surface area contributed by atoms with Gasteiger partial charge in [-0.25, -0.2) is 0 Å². The van der Waals surface area contributed by atoms with E-state index < -0.39 is 51.7 Å². The van der Waals surface area contributed by atoms with E-state index in [0.29, 0.717) is 10.7 Å². The SMILES string of the molecule is CCCCOc1ccc([I-]c2ccc(S(=O)(=O)NS(=O)(=O)C(F)(F)F)cc2)cc1. The number of hydrogen-bond donors (Lipinski definition) is 1. The van der Waals surface area contributed by atoms with Crippen LogP contribution in [0.15, 0.2) is 53.4 Å². The summed E-state index contributed by atoms with van der Waals surface area (Å²) in [5, 5.41) is 0.